The van der Waals surface area contributed by atoms with Crippen molar-refractivity contribution in [1.82, 2.24) is 40.0 Å². The van der Waals surface area contributed by atoms with E-state index in [1.54, 1.807) is 34.7 Å². The summed E-state index contributed by atoms with van der Waals surface area (Å²) in [5.74, 6) is -2.82. The highest BCUT2D eigenvalue weighted by Gasteiger charge is 2.38. The van der Waals surface area contributed by atoms with Crippen LogP contribution in [0.1, 0.15) is 12.0 Å². The molecule has 0 bridgehead atoms. The van der Waals surface area contributed by atoms with Gasteiger partial charge < -0.3 is 4.98 Å². The van der Waals surface area contributed by atoms with E-state index in [-0.39, 0.29) is 29.6 Å². The van der Waals surface area contributed by atoms with Crippen molar-refractivity contribution in [2.24, 2.45) is 0 Å². The predicted molar refractivity (Wildman–Crippen MR) is 138 cm³/mol. The Morgan fingerprint density at radius 1 is 1.11 bits per heavy atom. The SMILES string of the molecule is Fc1c(-c2cncc(CN3CCC(F)(F)C3)c2)cnc2[nH]nc(-c3nc4c(-c5cccs5)nccc4[nH]3)c12. The van der Waals surface area contributed by atoms with Gasteiger partial charge in [0.2, 0.25) is 0 Å². The lowest BCUT2D eigenvalue weighted by Gasteiger charge is -2.15. The molecule has 2 N–H and O–H groups in total. The lowest BCUT2D eigenvalue weighted by molar-refractivity contribution is 0.0115. The number of nitrogens with one attached hydrogen (secondary N) is 2. The second-order valence-corrected chi connectivity index (χ2v) is 10.2. The molecule has 1 aliphatic heterocycles. The van der Waals surface area contributed by atoms with E-state index in [2.05, 4.69) is 30.1 Å². The molecule has 190 valence electrons. The predicted octanol–water partition coefficient (Wildman–Crippen LogP) is 5.67. The number of nitrogens with zero attached hydrogens (tertiary/aromatic N) is 6. The van der Waals surface area contributed by atoms with Crippen LogP contribution in [0.2, 0.25) is 0 Å². The Morgan fingerprint density at radius 2 is 2.03 bits per heavy atom. The Morgan fingerprint density at radius 3 is 2.84 bits per heavy atom. The fraction of sp³-hybridized carbons (Fsp3) is 0.192. The standard InChI is InChI=1S/C26H19F3N8S/c27-20-16(15-8-14(9-30-10-15)12-37-6-4-26(28,29)13-37)11-32-24-19(20)23(35-36-24)25-33-17-3-5-31-22(21(17)34-25)18-2-1-7-38-18/h1-3,5,7-11H,4,6,12-13H2,(H,33,34)(H,32,35,36). The first-order chi connectivity index (χ1) is 18.4. The van der Waals surface area contributed by atoms with E-state index >= 15 is 4.39 Å². The number of imidazole rings is 1. The molecular formula is C26H19F3N8S. The van der Waals surface area contributed by atoms with Crippen molar-refractivity contribution in [2.75, 3.05) is 13.1 Å². The molecule has 0 unspecified atom stereocenters. The smallest absolute Gasteiger partial charge is 0.261 e. The zero-order valence-electron chi connectivity index (χ0n) is 19.8. The van der Waals surface area contributed by atoms with Crippen molar-refractivity contribution < 1.29 is 13.2 Å². The number of thiophene rings is 1. The van der Waals surface area contributed by atoms with E-state index in [0.717, 1.165) is 21.7 Å². The Bertz CT molecular complexity index is 1790. The minimum absolute atomic E-state index is 0.161. The average molecular weight is 533 g/mol. The number of alkyl halides is 2. The summed E-state index contributed by atoms with van der Waals surface area (Å²) in [5, 5.41) is 9.27. The highest BCUT2D eigenvalue weighted by atomic mass is 32.1. The number of H-pyrrole nitrogens is 2. The third-order valence-corrected chi connectivity index (χ3v) is 7.54. The summed E-state index contributed by atoms with van der Waals surface area (Å²) in [6.45, 7) is 0.321. The lowest BCUT2D eigenvalue weighted by atomic mass is 10.0. The molecule has 0 radical (unpaired) electrons. The van der Waals surface area contributed by atoms with Gasteiger partial charge in [0.05, 0.1) is 22.3 Å². The van der Waals surface area contributed by atoms with Crippen molar-refractivity contribution in [3.8, 4) is 33.2 Å². The van der Waals surface area contributed by atoms with Crippen LogP contribution in [-0.4, -0.2) is 59.0 Å². The van der Waals surface area contributed by atoms with Gasteiger partial charge in [-0.1, -0.05) is 6.07 Å². The molecular weight excluding hydrogens is 513 g/mol. The van der Waals surface area contributed by atoms with Crippen LogP contribution in [0.5, 0.6) is 0 Å². The number of hydrogen-bond donors (Lipinski definition) is 2. The van der Waals surface area contributed by atoms with Crippen molar-refractivity contribution >= 4 is 33.4 Å². The second kappa shape index (κ2) is 8.71. The zero-order valence-corrected chi connectivity index (χ0v) is 20.6. The molecule has 0 spiro atoms. The Kier molecular flexibility index (Phi) is 5.27. The average Bonchev–Trinajstić information content (AvgIpc) is 3.70. The highest BCUT2D eigenvalue weighted by Crippen LogP contribution is 2.35. The van der Waals surface area contributed by atoms with Crippen LogP contribution in [-0.2, 0) is 6.54 Å². The van der Waals surface area contributed by atoms with Crippen LogP contribution in [0, 0.1) is 5.82 Å². The quantitative estimate of drug-likeness (QED) is 0.297. The van der Waals surface area contributed by atoms with Crippen molar-refractivity contribution in [3.05, 3.63) is 65.8 Å². The molecule has 38 heavy (non-hydrogen) atoms. The Labute approximate surface area is 217 Å². The van der Waals surface area contributed by atoms with Crippen LogP contribution in [0.15, 0.2) is 54.4 Å². The number of hydrogen-bond acceptors (Lipinski definition) is 7. The molecule has 7 rings (SSSR count). The van der Waals surface area contributed by atoms with E-state index in [1.807, 2.05) is 23.6 Å². The zero-order chi connectivity index (χ0) is 25.9. The number of pyridine rings is 3. The number of aromatic nitrogens is 7. The number of rotatable bonds is 5. The first-order valence-electron chi connectivity index (χ1n) is 11.9. The summed E-state index contributed by atoms with van der Waals surface area (Å²) < 4.78 is 43.3. The topological polar surface area (TPSA) is 99.3 Å². The summed E-state index contributed by atoms with van der Waals surface area (Å²) in [7, 11) is 0. The maximum Gasteiger partial charge on any atom is 0.261 e. The van der Waals surface area contributed by atoms with Crippen LogP contribution in [0.25, 0.3) is 55.3 Å². The third-order valence-electron chi connectivity index (χ3n) is 6.67. The number of aromatic amines is 2. The van der Waals surface area contributed by atoms with Crippen molar-refractivity contribution in [3.63, 3.8) is 0 Å². The highest BCUT2D eigenvalue weighted by molar-refractivity contribution is 7.13. The minimum atomic E-state index is -2.68. The summed E-state index contributed by atoms with van der Waals surface area (Å²) in [5.41, 5.74) is 4.18. The maximum absolute atomic E-state index is 16.0. The van der Waals surface area contributed by atoms with Crippen LogP contribution < -0.4 is 0 Å². The van der Waals surface area contributed by atoms with Gasteiger partial charge in [-0.15, -0.1) is 11.3 Å². The third kappa shape index (κ3) is 3.92. The first kappa shape index (κ1) is 23.0. The van der Waals surface area contributed by atoms with Gasteiger partial charge in [0, 0.05) is 55.4 Å². The van der Waals surface area contributed by atoms with E-state index in [9.17, 15) is 8.78 Å². The second-order valence-electron chi connectivity index (χ2n) is 9.30. The summed E-state index contributed by atoms with van der Waals surface area (Å²) in [6, 6.07) is 7.49. The molecule has 1 fully saturated rings. The molecule has 0 amide bonds. The Balaban J connectivity index is 1.28. The van der Waals surface area contributed by atoms with Gasteiger partial charge in [-0.05, 0) is 29.1 Å². The van der Waals surface area contributed by atoms with Crippen LogP contribution in [0.4, 0.5) is 13.2 Å². The maximum atomic E-state index is 16.0. The molecule has 1 saturated heterocycles. The van der Waals surface area contributed by atoms with E-state index in [4.69, 9.17) is 4.98 Å². The van der Waals surface area contributed by atoms with E-state index < -0.39 is 11.7 Å². The normalized spacial score (nSPS) is 15.7. The molecule has 0 aliphatic carbocycles. The number of fused-ring (bicyclic) bond motifs is 2. The fourth-order valence-electron chi connectivity index (χ4n) is 4.89. The summed E-state index contributed by atoms with van der Waals surface area (Å²) in [4.78, 5) is 23.7. The van der Waals surface area contributed by atoms with Crippen molar-refractivity contribution in [2.45, 2.75) is 18.9 Å². The molecule has 0 aromatic carbocycles. The molecule has 0 atom stereocenters. The lowest BCUT2D eigenvalue weighted by Crippen LogP contribution is -2.24. The molecule has 7 heterocycles. The molecule has 6 aromatic heterocycles. The summed E-state index contributed by atoms with van der Waals surface area (Å²) >= 11 is 1.56. The van der Waals surface area contributed by atoms with Gasteiger partial charge in [0.15, 0.2) is 11.5 Å². The minimum Gasteiger partial charge on any atom is -0.336 e. The largest absolute Gasteiger partial charge is 0.336 e. The fourth-order valence-corrected chi connectivity index (χ4v) is 5.61. The number of likely N-dealkylation sites (tertiary alicyclic amines) is 1. The molecule has 0 saturated carbocycles. The van der Waals surface area contributed by atoms with E-state index in [1.165, 1.54) is 12.4 Å². The van der Waals surface area contributed by atoms with Gasteiger partial charge in [0.1, 0.15) is 22.7 Å². The molecule has 6 aromatic rings. The van der Waals surface area contributed by atoms with Gasteiger partial charge in [-0.3, -0.25) is 20.0 Å². The van der Waals surface area contributed by atoms with Gasteiger partial charge in [0.25, 0.3) is 5.92 Å². The van der Waals surface area contributed by atoms with Crippen molar-refractivity contribution in [1.29, 1.82) is 0 Å². The van der Waals surface area contributed by atoms with Crippen LogP contribution in [0.3, 0.4) is 0 Å². The number of halogens is 3. The van der Waals surface area contributed by atoms with Crippen LogP contribution >= 0.6 is 11.3 Å². The molecule has 1 aliphatic rings. The monoisotopic (exact) mass is 532 g/mol. The first-order valence-corrected chi connectivity index (χ1v) is 12.8. The van der Waals surface area contributed by atoms with Gasteiger partial charge in [-0.25, -0.2) is 23.1 Å². The van der Waals surface area contributed by atoms with Gasteiger partial charge >= 0.3 is 0 Å². The Hall–Kier alpha value is -4.16. The summed E-state index contributed by atoms with van der Waals surface area (Å²) in [6.07, 6.45) is 6.10. The molecule has 8 nitrogen and oxygen atoms in total. The molecule has 12 heteroatoms. The van der Waals surface area contributed by atoms with E-state index in [0.29, 0.717) is 35.7 Å². The van der Waals surface area contributed by atoms with Gasteiger partial charge in [-0.2, -0.15) is 5.10 Å².